The van der Waals surface area contributed by atoms with Crippen molar-refractivity contribution in [2.45, 2.75) is 50.9 Å². The number of likely N-dealkylation sites (N-methyl/N-ethyl adjacent to an activating group) is 1. The molecule has 2 aliphatic heterocycles. The van der Waals surface area contributed by atoms with Crippen molar-refractivity contribution >= 4 is 29.3 Å². The molecule has 4 heterocycles. The van der Waals surface area contributed by atoms with E-state index in [2.05, 4.69) is 20.7 Å². The predicted molar refractivity (Wildman–Crippen MR) is 144 cm³/mol. The lowest BCUT2D eigenvalue weighted by Crippen LogP contribution is -2.54. The Morgan fingerprint density at radius 1 is 1.17 bits per heavy atom. The maximum absolute atomic E-state index is 14.4. The second kappa shape index (κ2) is 10.6. The average Bonchev–Trinajstić information content (AvgIpc) is 3.37. The van der Waals surface area contributed by atoms with Crippen molar-refractivity contribution in [3.05, 3.63) is 74.9 Å². The first-order chi connectivity index (χ1) is 19.5. The van der Waals surface area contributed by atoms with Gasteiger partial charge in [-0.05, 0) is 37.8 Å². The number of benzene rings is 1. The van der Waals surface area contributed by atoms with E-state index in [0.717, 1.165) is 4.90 Å². The molecule has 12 nitrogen and oxygen atoms in total. The van der Waals surface area contributed by atoms with Crippen molar-refractivity contribution < 1.29 is 23.9 Å². The van der Waals surface area contributed by atoms with E-state index in [1.165, 1.54) is 36.9 Å². The molecule has 1 aliphatic carbocycles. The minimum atomic E-state index is -1.26. The quantitative estimate of drug-likeness (QED) is 0.371. The van der Waals surface area contributed by atoms with Crippen molar-refractivity contribution in [1.82, 2.24) is 34.9 Å². The highest BCUT2D eigenvalue weighted by atomic mass is 35.5. The smallest absolute Gasteiger partial charge is 0.311 e. The number of amides is 3. The normalized spacial score (nSPS) is 21.1. The molecule has 0 unspecified atom stereocenters. The van der Waals surface area contributed by atoms with E-state index in [0.29, 0.717) is 32.2 Å². The van der Waals surface area contributed by atoms with Crippen LogP contribution in [0.4, 0.5) is 4.39 Å². The Morgan fingerprint density at radius 3 is 2.56 bits per heavy atom. The van der Waals surface area contributed by atoms with Gasteiger partial charge in [0.05, 0.1) is 10.6 Å². The van der Waals surface area contributed by atoms with Crippen LogP contribution in [-0.4, -0.2) is 61.2 Å². The van der Waals surface area contributed by atoms with E-state index in [9.17, 15) is 28.7 Å². The summed E-state index contributed by atoms with van der Waals surface area (Å²) < 4.78 is 17.4. The summed E-state index contributed by atoms with van der Waals surface area (Å²) in [5, 5.41) is 20.3. The molecular formula is C27H29ClFN7O5. The summed E-state index contributed by atoms with van der Waals surface area (Å²) in [4.78, 5) is 57.8. The van der Waals surface area contributed by atoms with E-state index in [1.54, 1.807) is 16.9 Å². The summed E-state index contributed by atoms with van der Waals surface area (Å²) in [5.41, 5.74) is -3.05. The highest BCUT2D eigenvalue weighted by Crippen LogP contribution is 2.50. The number of aromatic hydroxyl groups is 1. The van der Waals surface area contributed by atoms with Crippen LogP contribution in [-0.2, 0) is 34.8 Å². The van der Waals surface area contributed by atoms with Gasteiger partial charge in [0, 0.05) is 57.1 Å². The van der Waals surface area contributed by atoms with Crippen molar-refractivity contribution in [3.8, 4) is 5.75 Å². The Hall–Kier alpha value is -4.26. The molecule has 1 saturated carbocycles. The number of hydrogen-bond donors (Lipinski definition) is 3. The fourth-order valence-electron chi connectivity index (χ4n) is 5.68. The van der Waals surface area contributed by atoms with Crippen LogP contribution in [0, 0.1) is 11.2 Å². The molecule has 3 aromatic rings. The van der Waals surface area contributed by atoms with Crippen LogP contribution in [0.3, 0.4) is 0 Å². The molecule has 0 spiro atoms. The van der Waals surface area contributed by atoms with Crippen molar-refractivity contribution in [1.29, 1.82) is 0 Å². The molecule has 2 aromatic heterocycles. The van der Waals surface area contributed by atoms with Crippen molar-refractivity contribution in [2.24, 2.45) is 5.41 Å². The van der Waals surface area contributed by atoms with Crippen molar-refractivity contribution in [3.63, 3.8) is 0 Å². The number of rotatable bonds is 6. The third-order valence-corrected chi connectivity index (χ3v) is 8.22. The standard InChI is InChI=1S/C27H29ClFN7O5/c1-34(2)24(41)22(39)33-27-9-7-26(8-10-27,14-35-12-4-11-31-35)15-36-23(40)20(37)19(32-25(27)36)21(38)30-13-16-5-3-6-17(28)18(16)29/h3-6,11-12,37H,7-10,13-15H2,1-2H3,(H,30,38)(H,33,39). The molecule has 216 valence electrons. The number of nitrogens with zero attached hydrogens (tertiary/aromatic N) is 5. The third kappa shape index (κ3) is 5.17. The number of nitrogens with one attached hydrogen (secondary N) is 2. The van der Waals surface area contributed by atoms with Gasteiger partial charge in [0.1, 0.15) is 11.6 Å². The monoisotopic (exact) mass is 585 g/mol. The molecule has 14 heteroatoms. The van der Waals surface area contributed by atoms with Gasteiger partial charge < -0.3 is 20.6 Å². The average molecular weight is 586 g/mol. The van der Waals surface area contributed by atoms with Gasteiger partial charge in [0.2, 0.25) is 5.75 Å². The zero-order chi connectivity index (χ0) is 29.5. The summed E-state index contributed by atoms with van der Waals surface area (Å²) in [6.07, 6.45) is 5.21. The molecule has 3 aliphatic rings. The molecule has 2 bridgehead atoms. The fourth-order valence-corrected chi connectivity index (χ4v) is 5.88. The van der Waals surface area contributed by atoms with Gasteiger partial charge in [-0.25, -0.2) is 9.37 Å². The van der Waals surface area contributed by atoms with E-state index in [1.807, 2.05) is 6.20 Å². The number of carbonyl (C=O) groups is 3. The second-order valence-electron chi connectivity index (χ2n) is 10.9. The number of halogens is 2. The largest absolute Gasteiger partial charge is 0.501 e. The Bertz CT molecular complexity index is 1580. The molecule has 41 heavy (non-hydrogen) atoms. The van der Waals surface area contributed by atoms with Crippen LogP contribution < -0.4 is 16.2 Å². The van der Waals surface area contributed by atoms with Crippen LogP contribution in [0.5, 0.6) is 5.75 Å². The van der Waals surface area contributed by atoms with E-state index < -0.39 is 51.5 Å². The first-order valence-electron chi connectivity index (χ1n) is 13.0. The van der Waals surface area contributed by atoms with Gasteiger partial charge in [-0.3, -0.25) is 28.4 Å². The van der Waals surface area contributed by atoms with Gasteiger partial charge in [-0.15, -0.1) is 0 Å². The first kappa shape index (κ1) is 28.3. The molecule has 1 aromatic carbocycles. The Morgan fingerprint density at radius 2 is 1.90 bits per heavy atom. The van der Waals surface area contributed by atoms with Crippen LogP contribution >= 0.6 is 11.6 Å². The van der Waals surface area contributed by atoms with Crippen LogP contribution in [0.1, 0.15) is 47.6 Å². The fraction of sp³-hybridized carbons (Fsp3) is 0.407. The van der Waals surface area contributed by atoms with E-state index in [4.69, 9.17) is 11.6 Å². The Kier molecular flexibility index (Phi) is 7.32. The summed E-state index contributed by atoms with van der Waals surface area (Å²) in [7, 11) is 2.89. The molecule has 0 saturated heterocycles. The molecule has 3 N–H and O–H groups in total. The molecule has 6 rings (SSSR count). The lowest BCUT2D eigenvalue weighted by molar-refractivity contribution is -0.145. The topological polar surface area (TPSA) is 151 Å². The SMILES string of the molecule is CN(C)C(=O)C(=O)NC12CCC(Cn3cccn3)(CC1)Cn1c2nc(C(=O)NCc2cccc(Cl)c2F)c(O)c1=O. The van der Waals surface area contributed by atoms with Gasteiger partial charge in [0.25, 0.3) is 11.5 Å². The molecule has 0 atom stereocenters. The van der Waals surface area contributed by atoms with Crippen molar-refractivity contribution in [2.75, 3.05) is 14.1 Å². The Balaban J connectivity index is 1.55. The lowest BCUT2D eigenvalue weighted by atomic mass is 9.68. The predicted octanol–water partition coefficient (Wildman–Crippen LogP) is 1.54. The zero-order valence-electron chi connectivity index (χ0n) is 22.5. The third-order valence-electron chi connectivity index (χ3n) is 7.93. The summed E-state index contributed by atoms with van der Waals surface area (Å²) >= 11 is 5.83. The van der Waals surface area contributed by atoms with Gasteiger partial charge in [0.15, 0.2) is 5.69 Å². The first-order valence-corrected chi connectivity index (χ1v) is 13.4. The number of carbonyl (C=O) groups excluding carboxylic acids is 3. The van der Waals surface area contributed by atoms with Gasteiger partial charge in [-0.2, -0.15) is 5.10 Å². The summed E-state index contributed by atoms with van der Waals surface area (Å²) in [6, 6.07) is 6.12. The highest BCUT2D eigenvalue weighted by molar-refractivity contribution is 6.35. The summed E-state index contributed by atoms with van der Waals surface area (Å²) in [5.74, 6) is -4.10. The maximum atomic E-state index is 14.4. The minimum absolute atomic E-state index is 0.0686. The zero-order valence-corrected chi connectivity index (χ0v) is 23.2. The lowest BCUT2D eigenvalue weighted by Gasteiger charge is -2.42. The van der Waals surface area contributed by atoms with Gasteiger partial charge in [-0.1, -0.05) is 23.7 Å². The summed E-state index contributed by atoms with van der Waals surface area (Å²) in [6.45, 7) is 0.341. The van der Waals surface area contributed by atoms with E-state index in [-0.39, 0.29) is 29.5 Å². The number of hydrogen-bond acceptors (Lipinski definition) is 7. The van der Waals surface area contributed by atoms with Crippen LogP contribution in [0.25, 0.3) is 0 Å². The van der Waals surface area contributed by atoms with Crippen LogP contribution in [0.2, 0.25) is 5.02 Å². The van der Waals surface area contributed by atoms with E-state index >= 15 is 0 Å². The highest BCUT2D eigenvalue weighted by Gasteiger charge is 2.52. The van der Waals surface area contributed by atoms with Crippen LogP contribution in [0.15, 0.2) is 41.5 Å². The molecule has 3 amide bonds. The maximum Gasteiger partial charge on any atom is 0.311 e. The molecule has 0 radical (unpaired) electrons. The second-order valence-corrected chi connectivity index (χ2v) is 11.3. The van der Waals surface area contributed by atoms with Gasteiger partial charge >= 0.3 is 11.8 Å². The minimum Gasteiger partial charge on any atom is -0.501 e. The number of fused-ring (bicyclic) bond motifs is 2. The molecule has 1 fully saturated rings. The molecular weight excluding hydrogens is 557 g/mol. The number of aromatic nitrogens is 4. The Labute approximate surface area is 239 Å².